The van der Waals surface area contributed by atoms with E-state index in [2.05, 4.69) is 12.1 Å². The molecule has 2 nitrogen and oxygen atoms in total. The van der Waals surface area contributed by atoms with E-state index in [0.29, 0.717) is 10.8 Å². The molecule has 22 heavy (non-hydrogen) atoms. The van der Waals surface area contributed by atoms with Crippen molar-refractivity contribution in [1.29, 1.82) is 0 Å². The molecule has 0 heterocycles. The van der Waals surface area contributed by atoms with Crippen molar-refractivity contribution in [2.45, 2.75) is 24.7 Å². The van der Waals surface area contributed by atoms with Gasteiger partial charge in [-0.15, -0.1) is 0 Å². The third-order valence-electron chi connectivity index (χ3n) is 3.58. The third-order valence-corrected chi connectivity index (χ3v) is 7.92. The first-order valence-electron chi connectivity index (χ1n) is 7.31. The van der Waals surface area contributed by atoms with E-state index in [1.807, 2.05) is 37.3 Å². The van der Waals surface area contributed by atoms with E-state index < -0.39 is 9.84 Å². The Balaban J connectivity index is 1.90. The van der Waals surface area contributed by atoms with Gasteiger partial charge in [-0.2, -0.15) is 0 Å². The second-order valence-corrected chi connectivity index (χ2v) is 9.77. The zero-order chi connectivity index (χ0) is 15.6. The second-order valence-electron chi connectivity index (χ2n) is 5.57. The van der Waals surface area contributed by atoms with Crippen molar-refractivity contribution in [2.75, 3.05) is 0 Å². The third kappa shape index (κ3) is 3.89. The molecule has 0 unspecified atom stereocenters. The van der Waals surface area contributed by atoms with E-state index in [9.17, 15) is 8.42 Å². The monoisotopic (exact) mass is 378 g/mol. The summed E-state index contributed by atoms with van der Waals surface area (Å²) >= 11 is 0.0835. The summed E-state index contributed by atoms with van der Waals surface area (Å²) in [5, 5.41) is 1.53. The zero-order valence-electron chi connectivity index (χ0n) is 12.4. The number of allylic oxidation sites excluding steroid dienone is 1. The molecule has 3 rings (SSSR count). The van der Waals surface area contributed by atoms with E-state index in [0.717, 1.165) is 22.9 Å². The van der Waals surface area contributed by atoms with E-state index >= 15 is 0 Å². The van der Waals surface area contributed by atoms with Gasteiger partial charge in [-0.25, -0.2) is 0 Å². The molecular weight excluding hydrogens is 359 g/mol. The quantitative estimate of drug-likeness (QED) is 0.751. The predicted octanol–water partition coefficient (Wildman–Crippen LogP) is 3.05. The molecule has 4 heteroatoms. The number of rotatable bonds is 5. The Labute approximate surface area is 138 Å². The van der Waals surface area contributed by atoms with Crippen LogP contribution in [0.5, 0.6) is 0 Å². The number of sulfone groups is 1. The van der Waals surface area contributed by atoms with Crippen molar-refractivity contribution in [3.63, 3.8) is 0 Å². The molecule has 0 aliphatic heterocycles. The van der Waals surface area contributed by atoms with Crippen LogP contribution in [0.25, 0.3) is 0 Å². The van der Waals surface area contributed by atoms with Crippen LogP contribution in [-0.4, -0.2) is 23.4 Å². The van der Waals surface area contributed by atoms with Crippen molar-refractivity contribution < 1.29 is 8.42 Å². The van der Waals surface area contributed by atoms with Gasteiger partial charge in [0.15, 0.2) is 0 Å². The SMILES string of the molecule is Cc1ccc(S(=O)(=O)/C=C(/[Se]c2ccccc2)C2CC2)cc1. The molecule has 0 N–H and O–H groups in total. The Bertz CT molecular complexity index is 774. The minimum atomic E-state index is -3.35. The van der Waals surface area contributed by atoms with Crippen LogP contribution in [0.3, 0.4) is 0 Å². The summed E-state index contributed by atoms with van der Waals surface area (Å²) in [5.74, 6) is 0.459. The summed E-state index contributed by atoms with van der Waals surface area (Å²) in [5.41, 5.74) is 1.07. The van der Waals surface area contributed by atoms with Crippen LogP contribution < -0.4 is 4.46 Å². The normalized spacial score (nSPS) is 15.8. The molecule has 0 radical (unpaired) electrons. The molecule has 2 aromatic rings. The van der Waals surface area contributed by atoms with Gasteiger partial charge in [0, 0.05) is 0 Å². The van der Waals surface area contributed by atoms with Crippen molar-refractivity contribution in [3.8, 4) is 0 Å². The summed E-state index contributed by atoms with van der Waals surface area (Å²) in [4.78, 5) is 0.389. The van der Waals surface area contributed by atoms with Gasteiger partial charge in [0.1, 0.15) is 0 Å². The molecule has 1 aliphatic carbocycles. The Morgan fingerprint density at radius 3 is 2.27 bits per heavy atom. The molecule has 0 bridgehead atoms. The van der Waals surface area contributed by atoms with Crippen LogP contribution in [0.15, 0.2) is 69.4 Å². The Hall–Kier alpha value is -1.35. The standard InChI is InChI=1S/C18H18O2SSe/c1-14-7-11-16(12-8-14)21(19,20)13-18(15-9-10-15)22-17-5-3-2-4-6-17/h2-8,11-13,15H,9-10H2,1H3/b18-13+. The first-order valence-corrected chi connectivity index (χ1v) is 10.6. The van der Waals surface area contributed by atoms with Gasteiger partial charge in [-0.1, -0.05) is 0 Å². The minimum absolute atomic E-state index is 0.0835. The summed E-state index contributed by atoms with van der Waals surface area (Å²) in [6, 6.07) is 17.3. The molecule has 1 fully saturated rings. The van der Waals surface area contributed by atoms with Gasteiger partial charge in [0.2, 0.25) is 0 Å². The van der Waals surface area contributed by atoms with E-state index in [1.165, 1.54) is 9.87 Å². The van der Waals surface area contributed by atoms with Gasteiger partial charge >= 0.3 is 138 Å². The van der Waals surface area contributed by atoms with Crippen LogP contribution >= 0.6 is 0 Å². The van der Waals surface area contributed by atoms with Gasteiger partial charge in [-0.05, 0) is 0 Å². The van der Waals surface area contributed by atoms with Crippen LogP contribution in [0, 0.1) is 12.8 Å². The van der Waals surface area contributed by atoms with Crippen molar-refractivity contribution in [1.82, 2.24) is 0 Å². The average molecular weight is 377 g/mol. The molecular formula is C18H18O2SSe. The summed E-state index contributed by atoms with van der Waals surface area (Å²) in [7, 11) is -3.35. The van der Waals surface area contributed by atoms with Crippen molar-refractivity contribution in [3.05, 3.63) is 70.0 Å². The van der Waals surface area contributed by atoms with Crippen LogP contribution in [0.4, 0.5) is 0 Å². The maximum atomic E-state index is 12.6. The Kier molecular flexibility index (Phi) is 4.53. The number of aryl methyl sites for hydroxylation is 1. The van der Waals surface area contributed by atoms with E-state index in [4.69, 9.17) is 0 Å². The van der Waals surface area contributed by atoms with Crippen molar-refractivity contribution in [2.24, 2.45) is 5.92 Å². The molecule has 0 saturated heterocycles. The Morgan fingerprint density at radius 2 is 1.68 bits per heavy atom. The molecule has 114 valence electrons. The predicted molar refractivity (Wildman–Crippen MR) is 91.0 cm³/mol. The van der Waals surface area contributed by atoms with Gasteiger partial charge in [0.05, 0.1) is 0 Å². The number of benzene rings is 2. The van der Waals surface area contributed by atoms with Gasteiger partial charge in [0.25, 0.3) is 0 Å². The zero-order valence-corrected chi connectivity index (χ0v) is 14.9. The summed E-state index contributed by atoms with van der Waals surface area (Å²) < 4.78 is 27.5. The molecule has 1 saturated carbocycles. The average Bonchev–Trinajstić information content (AvgIpc) is 3.32. The topological polar surface area (TPSA) is 34.1 Å². The molecule has 2 aromatic carbocycles. The Morgan fingerprint density at radius 1 is 1.05 bits per heavy atom. The first-order chi connectivity index (χ1) is 10.5. The fraction of sp³-hybridized carbons (Fsp3) is 0.222. The van der Waals surface area contributed by atoms with Crippen molar-refractivity contribution >= 4 is 29.3 Å². The van der Waals surface area contributed by atoms with Gasteiger partial charge < -0.3 is 0 Å². The first kappa shape index (κ1) is 15.5. The molecule has 0 atom stereocenters. The maximum absolute atomic E-state index is 12.6. The van der Waals surface area contributed by atoms with Crippen LogP contribution in [0.1, 0.15) is 18.4 Å². The van der Waals surface area contributed by atoms with Crippen LogP contribution in [-0.2, 0) is 9.84 Å². The number of hydrogen-bond acceptors (Lipinski definition) is 2. The van der Waals surface area contributed by atoms with E-state index in [1.54, 1.807) is 12.1 Å². The molecule has 0 aromatic heterocycles. The molecule has 1 aliphatic rings. The van der Waals surface area contributed by atoms with Gasteiger partial charge in [-0.3, -0.25) is 0 Å². The summed E-state index contributed by atoms with van der Waals surface area (Å²) in [6.07, 6.45) is 2.23. The fourth-order valence-electron chi connectivity index (χ4n) is 2.14. The molecule has 0 spiro atoms. The second kappa shape index (κ2) is 6.41. The fourth-order valence-corrected chi connectivity index (χ4v) is 6.47. The van der Waals surface area contributed by atoms with Crippen LogP contribution in [0.2, 0.25) is 0 Å². The summed E-state index contributed by atoms with van der Waals surface area (Å²) in [6.45, 7) is 1.96. The molecule has 0 amide bonds. The number of hydrogen-bond donors (Lipinski definition) is 0. The van der Waals surface area contributed by atoms with E-state index in [-0.39, 0.29) is 15.0 Å².